The molecule has 0 aliphatic carbocycles. The molecule has 21 heavy (non-hydrogen) atoms. The molecular weight excluding hydrogens is 266 g/mol. The van der Waals surface area contributed by atoms with Gasteiger partial charge in [0, 0.05) is 26.1 Å². The van der Waals surface area contributed by atoms with Crippen LogP contribution in [0.15, 0.2) is 0 Å². The molecule has 0 radical (unpaired) electrons. The second-order valence-corrected chi connectivity index (χ2v) is 5.36. The van der Waals surface area contributed by atoms with Crippen LogP contribution < -0.4 is 5.32 Å². The molecule has 6 nitrogen and oxygen atoms in total. The SMILES string of the molecule is Cc1nnc(NCCN2CCCCCC2=O)c(C#N)c1C. The quantitative estimate of drug-likeness (QED) is 0.912. The monoisotopic (exact) mass is 287 g/mol. The van der Waals surface area contributed by atoms with E-state index in [0.29, 0.717) is 30.9 Å². The molecule has 112 valence electrons. The number of aryl methyl sites for hydroxylation is 1. The minimum atomic E-state index is 0.223. The third kappa shape index (κ3) is 3.69. The van der Waals surface area contributed by atoms with Gasteiger partial charge in [0.15, 0.2) is 5.82 Å². The standard InChI is InChI=1S/C15H21N5O/c1-11-12(2)18-19-15(13(11)10-16)17-7-9-20-8-5-3-4-6-14(20)21/h3-9H2,1-2H3,(H,17,19). The minimum absolute atomic E-state index is 0.223. The third-order valence-electron chi connectivity index (χ3n) is 3.91. The van der Waals surface area contributed by atoms with E-state index in [1.165, 1.54) is 0 Å². The number of likely N-dealkylation sites (tertiary alicyclic amines) is 1. The van der Waals surface area contributed by atoms with E-state index in [1.807, 2.05) is 18.7 Å². The van der Waals surface area contributed by atoms with Gasteiger partial charge in [0.05, 0.1) is 5.69 Å². The first-order chi connectivity index (χ1) is 10.1. The Morgan fingerprint density at radius 1 is 1.29 bits per heavy atom. The Morgan fingerprint density at radius 2 is 2.10 bits per heavy atom. The second-order valence-electron chi connectivity index (χ2n) is 5.36. The molecule has 1 saturated heterocycles. The number of amides is 1. The number of nitriles is 1. The van der Waals surface area contributed by atoms with Gasteiger partial charge in [-0.3, -0.25) is 4.79 Å². The number of rotatable bonds is 4. The first kappa shape index (κ1) is 15.2. The maximum absolute atomic E-state index is 11.9. The normalized spacial score (nSPS) is 15.5. The van der Waals surface area contributed by atoms with Crippen molar-refractivity contribution in [2.24, 2.45) is 0 Å². The molecule has 0 aromatic carbocycles. The Hall–Kier alpha value is -2.16. The van der Waals surface area contributed by atoms with Gasteiger partial charge in [0.25, 0.3) is 0 Å². The zero-order valence-electron chi connectivity index (χ0n) is 12.6. The van der Waals surface area contributed by atoms with E-state index >= 15 is 0 Å². The first-order valence-electron chi connectivity index (χ1n) is 7.39. The van der Waals surface area contributed by atoms with Gasteiger partial charge in [0.1, 0.15) is 11.6 Å². The van der Waals surface area contributed by atoms with Crippen molar-refractivity contribution in [1.82, 2.24) is 15.1 Å². The number of nitrogens with zero attached hydrogens (tertiary/aromatic N) is 4. The maximum Gasteiger partial charge on any atom is 0.222 e. The Morgan fingerprint density at radius 3 is 2.86 bits per heavy atom. The van der Waals surface area contributed by atoms with Gasteiger partial charge >= 0.3 is 0 Å². The maximum atomic E-state index is 11.9. The van der Waals surface area contributed by atoms with Crippen molar-refractivity contribution in [3.05, 3.63) is 16.8 Å². The lowest BCUT2D eigenvalue weighted by molar-refractivity contribution is -0.130. The molecule has 1 fully saturated rings. The van der Waals surface area contributed by atoms with Crippen molar-refractivity contribution in [3.63, 3.8) is 0 Å². The summed E-state index contributed by atoms with van der Waals surface area (Å²) in [5.41, 5.74) is 2.14. The van der Waals surface area contributed by atoms with Gasteiger partial charge in [-0.1, -0.05) is 6.42 Å². The number of carbonyl (C=O) groups excluding carboxylic acids is 1. The summed E-state index contributed by atoms with van der Waals surface area (Å²) < 4.78 is 0. The smallest absolute Gasteiger partial charge is 0.222 e. The third-order valence-corrected chi connectivity index (χ3v) is 3.91. The van der Waals surface area contributed by atoms with E-state index in [9.17, 15) is 10.1 Å². The zero-order chi connectivity index (χ0) is 15.2. The van der Waals surface area contributed by atoms with Crippen molar-refractivity contribution < 1.29 is 4.79 Å². The van der Waals surface area contributed by atoms with E-state index in [0.717, 1.165) is 37.1 Å². The van der Waals surface area contributed by atoms with Crippen LogP contribution in [0, 0.1) is 25.2 Å². The fourth-order valence-corrected chi connectivity index (χ4v) is 2.45. The number of hydrogen-bond donors (Lipinski definition) is 1. The molecule has 0 spiro atoms. The van der Waals surface area contributed by atoms with Crippen molar-refractivity contribution in [1.29, 1.82) is 5.26 Å². The molecule has 6 heteroatoms. The lowest BCUT2D eigenvalue weighted by atomic mass is 10.1. The molecule has 1 aromatic rings. The summed E-state index contributed by atoms with van der Waals surface area (Å²) in [5.74, 6) is 0.726. The highest BCUT2D eigenvalue weighted by molar-refractivity contribution is 5.76. The van der Waals surface area contributed by atoms with Crippen molar-refractivity contribution in [3.8, 4) is 6.07 Å². The van der Waals surface area contributed by atoms with E-state index in [1.54, 1.807) is 0 Å². The minimum Gasteiger partial charge on any atom is -0.366 e. The number of nitrogens with one attached hydrogen (secondary N) is 1. The Kier molecular flexibility index (Phi) is 5.09. The van der Waals surface area contributed by atoms with Crippen LogP contribution in [-0.4, -0.2) is 40.6 Å². The number of aromatic nitrogens is 2. The Labute approximate surface area is 125 Å². The molecule has 1 aliphatic heterocycles. The predicted octanol–water partition coefficient (Wildman–Crippen LogP) is 1.78. The molecule has 1 amide bonds. The Balaban J connectivity index is 1.96. The molecule has 0 saturated carbocycles. The highest BCUT2D eigenvalue weighted by atomic mass is 16.2. The van der Waals surface area contributed by atoms with Crippen molar-refractivity contribution in [2.75, 3.05) is 25.0 Å². The fourth-order valence-electron chi connectivity index (χ4n) is 2.45. The largest absolute Gasteiger partial charge is 0.366 e. The van der Waals surface area contributed by atoms with Crippen LogP contribution in [-0.2, 0) is 4.79 Å². The highest BCUT2D eigenvalue weighted by Crippen LogP contribution is 2.17. The van der Waals surface area contributed by atoms with Crippen LogP contribution in [0.5, 0.6) is 0 Å². The average Bonchev–Trinajstić information content (AvgIpc) is 2.68. The number of hydrogen-bond acceptors (Lipinski definition) is 5. The van der Waals surface area contributed by atoms with E-state index in [-0.39, 0.29) is 5.91 Å². The molecule has 0 atom stereocenters. The fraction of sp³-hybridized carbons (Fsp3) is 0.600. The van der Waals surface area contributed by atoms with Gasteiger partial charge in [-0.2, -0.15) is 10.4 Å². The van der Waals surface area contributed by atoms with Gasteiger partial charge in [-0.15, -0.1) is 5.10 Å². The van der Waals surface area contributed by atoms with Crippen LogP contribution in [0.3, 0.4) is 0 Å². The average molecular weight is 287 g/mol. The molecule has 0 unspecified atom stereocenters. The Bertz CT molecular complexity index is 564. The summed E-state index contributed by atoms with van der Waals surface area (Å²) in [5, 5.41) is 20.4. The molecular formula is C15H21N5O. The van der Waals surface area contributed by atoms with Crippen LogP contribution in [0.25, 0.3) is 0 Å². The van der Waals surface area contributed by atoms with E-state index in [4.69, 9.17) is 0 Å². The lowest BCUT2D eigenvalue weighted by Crippen LogP contribution is -2.34. The van der Waals surface area contributed by atoms with Gasteiger partial charge < -0.3 is 10.2 Å². The predicted molar refractivity (Wildman–Crippen MR) is 79.8 cm³/mol. The summed E-state index contributed by atoms with van der Waals surface area (Å²) in [7, 11) is 0. The lowest BCUT2D eigenvalue weighted by Gasteiger charge is -2.20. The summed E-state index contributed by atoms with van der Waals surface area (Å²) in [6.45, 7) is 5.75. The topological polar surface area (TPSA) is 81.9 Å². The molecule has 0 bridgehead atoms. The summed E-state index contributed by atoms with van der Waals surface area (Å²) in [6, 6.07) is 2.17. The van der Waals surface area contributed by atoms with Crippen LogP contribution in [0.4, 0.5) is 5.82 Å². The number of carbonyl (C=O) groups is 1. The summed E-state index contributed by atoms with van der Waals surface area (Å²) >= 11 is 0. The molecule has 1 aliphatic rings. The van der Waals surface area contributed by atoms with Gasteiger partial charge in [-0.25, -0.2) is 0 Å². The van der Waals surface area contributed by atoms with Crippen LogP contribution in [0.2, 0.25) is 0 Å². The summed E-state index contributed by atoms with van der Waals surface area (Å²) in [4.78, 5) is 13.8. The van der Waals surface area contributed by atoms with Crippen LogP contribution in [0.1, 0.15) is 42.5 Å². The van der Waals surface area contributed by atoms with Crippen LogP contribution >= 0.6 is 0 Å². The van der Waals surface area contributed by atoms with E-state index < -0.39 is 0 Å². The molecule has 2 heterocycles. The van der Waals surface area contributed by atoms with E-state index in [2.05, 4.69) is 21.6 Å². The number of anilines is 1. The van der Waals surface area contributed by atoms with Gasteiger partial charge in [-0.05, 0) is 32.3 Å². The molecule has 2 rings (SSSR count). The van der Waals surface area contributed by atoms with Crippen molar-refractivity contribution >= 4 is 11.7 Å². The second kappa shape index (κ2) is 7.02. The highest BCUT2D eigenvalue weighted by Gasteiger charge is 2.16. The molecule has 1 aromatic heterocycles. The zero-order valence-corrected chi connectivity index (χ0v) is 12.6. The first-order valence-corrected chi connectivity index (χ1v) is 7.39. The molecule has 1 N–H and O–H groups in total. The van der Waals surface area contributed by atoms with Gasteiger partial charge in [0.2, 0.25) is 5.91 Å². The summed E-state index contributed by atoms with van der Waals surface area (Å²) in [6.07, 6.45) is 3.83. The van der Waals surface area contributed by atoms with Crippen molar-refractivity contribution in [2.45, 2.75) is 39.5 Å².